The lowest BCUT2D eigenvalue weighted by Gasteiger charge is -2.30. The summed E-state index contributed by atoms with van der Waals surface area (Å²) in [4.78, 5) is 7.27. The van der Waals surface area contributed by atoms with Crippen molar-refractivity contribution >= 4 is 11.6 Å². The van der Waals surface area contributed by atoms with Crippen LogP contribution in [0.25, 0.3) is 0 Å². The topological polar surface area (TPSA) is 45.5 Å². The molecule has 1 saturated heterocycles. The van der Waals surface area contributed by atoms with Crippen molar-refractivity contribution in [3.05, 3.63) is 47.8 Å². The van der Waals surface area contributed by atoms with Crippen LogP contribution in [0.2, 0.25) is 0 Å². The number of hydrogen-bond donors (Lipinski definition) is 1. The lowest BCUT2D eigenvalue weighted by Crippen LogP contribution is -2.40. The first-order valence-corrected chi connectivity index (χ1v) is 9.35. The molecule has 0 spiro atoms. The van der Waals surface area contributed by atoms with Crippen molar-refractivity contribution in [1.82, 2.24) is 14.7 Å². The van der Waals surface area contributed by atoms with E-state index in [9.17, 15) is 0 Å². The lowest BCUT2D eigenvalue weighted by atomic mass is 10.1. The summed E-state index contributed by atoms with van der Waals surface area (Å²) in [6.45, 7) is 8.07. The quantitative estimate of drug-likeness (QED) is 0.511. The van der Waals surface area contributed by atoms with E-state index in [1.54, 1.807) is 0 Å². The third-order valence-corrected chi connectivity index (χ3v) is 4.58. The molecular formula is C20H29N5. The molecule has 25 heavy (non-hydrogen) atoms. The number of hydrogen-bond acceptors (Lipinski definition) is 2. The summed E-state index contributed by atoms with van der Waals surface area (Å²) >= 11 is 0. The molecular weight excluding hydrogens is 310 g/mol. The fourth-order valence-corrected chi connectivity index (χ4v) is 3.28. The Hall–Kier alpha value is -2.30. The smallest absolute Gasteiger partial charge is 0.198 e. The highest BCUT2D eigenvalue weighted by molar-refractivity contribution is 5.93. The van der Waals surface area contributed by atoms with Gasteiger partial charge in [0, 0.05) is 37.6 Å². The van der Waals surface area contributed by atoms with Gasteiger partial charge in [-0.15, -0.1) is 0 Å². The Labute approximate surface area is 150 Å². The number of benzene rings is 1. The van der Waals surface area contributed by atoms with Gasteiger partial charge in [0.05, 0.1) is 5.69 Å². The molecule has 2 aromatic rings. The van der Waals surface area contributed by atoms with Gasteiger partial charge in [0.2, 0.25) is 0 Å². The molecule has 1 aliphatic rings. The first-order valence-electron chi connectivity index (χ1n) is 9.35. The van der Waals surface area contributed by atoms with E-state index in [0.717, 1.165) is 49.9 Å². The van der Waals surface area contributed by atoms with Crippen LogP contribution in [0.1, 0.15) is 37.1 Å². The molecule has 1 fully saturated rings. The molecule has 0 bridgehead atoms. The Balaban J connectivity index is 1.61. The number of para-hydroxylation sites is 1. The van der Waals surface area contributed by atoms with Crippen LogP contribution in [0.4, 0.5) is 5.69 Å². The van der Waals surface area contributed by atoms with E-state index in [4.69, 9.17) is 4.99 Å². The highest BCUT2D eigenvalue weighted by atomic mass is 15.3. The molecule has 0 radical (unpaired) electrons. The van der Waals surface area contributed by atoms with E-state index in [0.29, 0.717) is 0 Å². The number of rotatable bonds is 5. The minimum absolute atomic E-state index is 0.810. The predicted molar refractivity (Wildman–Crippen MR) is 104 cm³/mol. The zero-order valence-corrected chi connectivity index (χ0v) is 15.4. The van der Waals surface area contributed by atoms with Gasteiger partial charge in [-0.1, -0.05) is 18.2 Å². The second-order valence-electron chi connectivity index (χ2n) is 6.75. The van der Waals surface area contributed by atoms with Crippen molar-refractivity contribution in [2.24, 2.45) is 4.99 Å². The Morgan fingerprint density at radius 3 is 2.56 bits per heavy atom. The van der Waals surface area contributed by atoms with Crippen LogP contribution in [-0.4, -0.2) is 40.3 Å². The molecule has 134 valence electrons. The highest BCUT2D eigenvalue weighted by Gasteiger charge is 2.14. The van der Waals surface area contributed by atoms with Gasteiger partial charge in [-0.25, -0.2) is 0 Å². The Kier molecular flexibility index (Phi) is 6.09. The fourth-order valence-electron chi connectivity index (χ4n) is 3.28. The first-order chi connectivity index (χ1) is 12.2. The SMILES string of the molecule is Cc1cc(C)n(CCCN=C(Nc2ccccc2)N2CCCCC2)n1. The van der Waals surface area contributed by atoms with Gasteiger partial charge >= 0.3 is 0 Å². The number of nitrogens with zero attached hydrogens (tertiary/aromatic N) is 4. The molecule has 0 aliphatic carbocycles. The minimum atomic E-state index is 0.810. The van der Waals surface area contributed by atoms with Crippen LogP contribution in [0.15, 0.2) is 41.4 Å². The standard InChI is InChI=1S/C20H29N5/c1-17-16-18(2)25(23-17)15-9-12-21-20(24-13-7-4-8-14-24)22-19-10-5-3-6-11-19/h3,5-6,10-11,16H,4,7-9,12-15H2,1-2H3,(H,21,22). The molecule has 2 heterocycles. The van der Waals surface area contributed by atoms with Crippen molar-refractivity contribution in [2.75, 3.05) is 25.0 Å². The molecule has 1 N–H and O–H groups in total. The Bertz CT molecular complexity index is 683. The summed E-state index contributed by atoms with van der Waals surface area (Å²) in [7, 11) is 0. The summed E-state index contributed by atoms with van der Waals surface area (Å²) < 4.78 is 2.08. The molecule has 3 rings (SSSR count). The number of nitrogens with one attached hydrogen (secondary N) is 1. The van der Waals surface area contributed by atoms with Crippen LogP contribution < -0.4 is 5.32 Å². The molecule has 0 atom stereocenters. The van der Waals surface area contributed by atoms with Gasteiger partial charge in [-0.05, 0) is 57.7 Å². The zero-order valence-electron chi connectivity index (χ0n) is 15.4. The molecule has 1 aromatic carbocycles. The van der Waals surface area contributed by atoms with Gasteiger partial charge in [-0.3, -0.25) is 9.67 Å². The van der Waals surface area contributed by atoms with E-state index in [1.807, 2.05) is 13.0 Å². The zero-order chi connectivity index (χ0) is 17.5. The fraction of sp³-hybridized carbons (Fsp3) is 0.500. The monoisotopic (exact) mass is 339 g/mol. The maximum atomic E-state index is 4.88. The molecule has 5 nitrogen and oxygen atoms in total. The van der Waals surface area contributed by atoms with Crippen LogP contribution >= 0.6 is 0 Å². The molecule has 1 aromatic heterocycles. The van der Waals surface area contributed by atoms with Gasteiger partial charge in [0.15, 0.2) is 5.96 Å². The van der Waals surface area contributed by atoms with E-state index in [-0.39, 0.29) is 0 Å². The Morgan fingerprint density at radius 2 is 1.88 bits per heavy atom. The minimum Gasteiger partial charge on any atom is -0.343 e. The Morgan fingerprint density at radius 1 is 1.12 bits per heavy atom. The second kappa shape index (κ2) is 8.70. The number of piperidine rings is 1. The maximum absolute atomic E-state index is 4.88. The van der Waals surface area contributed by atoms with E-state index in [1.165, 1.54) is 25.0 Å². The van der Waals surface area contributed by atoms with Crippen LogP contribution in [0.3, 0.4) is 0 Å². The number of aromatic nitrogens is 2. The first kappa shape index (κ1) is 17.5. The van der Waals surface area contributed by atoms with Crippen LogP contribution in [-0.2, 0) is 6.54 Å². The average Bonchev–Trinajstić information content (AvgIpc) is 2.96. The van der Waals surface area contributed by atoms with E-state index in [2.05, 4.69) is 57.3 Å². The average molecular weight is 339 g/mol. The lowest BCUT2D eigenvalue weighted by molar-refractivity contribution is 0.340. The number of likely N-dealkylation sites (tertiary alicyclic amines) is 1. The van der Waals surface area contributed by atoms with E-state index >= 15 is 0 Å². The molecule has 5 heteroatoms. The molecule has 0 amide bonds. The molecule has 0 unspecified atom stereocenters. The van der Waals surface area contributed by atoms with Crippen molar-refractivity contribution in [2.45, 2.75) is 46.1 Å². The van der Waals surface area contributed by atoms with Crippen molar-refractivity contribution in [3.63, 3.8) is 0 Å². The van der Waals surface area contributed by atoms with Crippen molar-refractivity contribution < 1.29 is 0 Å². The maximum Gasteiger partial charge on any atom is 0.198 e. The van der Waals surface area contributed by atoms with Gasteiger partial charge in [0.25, 0.3) is 0 Å². The number of aryl methyl sites for hydroxylation is 3. The number of anilines is 1. The third kappa shape index (κ3) is 5.08. The van der Waals surface area contributed by atoms with Gasteiger partial charge < -0.3 is 10.2 Å². The second-order valence-corrected chi connectivity index (χ2v) is 6.75. The van der Waals surface area contributed by atoms with Crippen molar-refractivity contribution in [1.29, 1.82) is 0 Å². The summed E-state index contributed by atoms with van der Waals surface area (Å²) in [5, 5.41) is 8.04. The third-order valence-electron chi connectivity index (χ3n) is 4.58. The van der Waals surface area contributed by atoms with E-state index < -0.39 is 0 Å². The predicted octanol–water partition coefficient (Wildman–Crippen LogP) is 3.84. The normalized spacial score (nSPS) is 15.4. The number of aliphatic imine (C=N–C) groups is 1. The van der Waals surface area contributed by atoms with Crippen LogP contribution in [0.5, 0.6) is 0 Å². The summed E-state index contributed by atoms with van der Waals surface area (Å²) in [6, 6.07) is 12.5. The largest absolute Gasteiger partial charge is 0.343 e. The highest BCUT2D eigenvalue weighted by Crippen LogP contribution is 2.13. The summed E-state index contributed by atoms with van der Waals surface area (Å²) in [5.74, 6) is 1.01. The van der Waals surface area contributed by atoms with Crippen LogP contribution in [0, 0.1) is 13.8 Å². The molecule has 1 aliphatic heterocycles. The van der Waals surface area contributed by atoms with Gasteiger partial charge in [0.1, 0.15) is 0 Å². The summed E-state index contributed by atoms with van der Waals surface area (Å²) in [5.41, 5.74) is 3.41. The van der Waals surface area contributed by atoms with Gasteiger partial charge in [-0.2, -0.15) is 5.10 Å². The molecule has 0 saturated carbocycles. The number of guanidine groups is 1. The summed E-state index contributed by atoms with van der Waals surface area (Å²) in [6.07, 6.45) is 4.82. The van der Waals surface area contributed by atoms with Crippen molar-refractivity contribution in [3.8, 4) is 0 Å².